The first-order valence-electron chi connectivity index (χ1n) is 6.06. The van der Waals surface area contributed by atoms with Crippen LogP contribution in [0.5, 0.6) is 5.75 Å². The smallest absolute Gasteiger partial charge is 0.342 e. The van der Waals surface area contributed by atoms with E-state index in [2.05, 4.69) is 15.9 Å². The Hall–Kier alpha value is -1.72. The van der Waals surface area contributed by atoms with E-state index in [9.17, 15) is 4.79 Å². The highest BCUT2D eigenvalue weighted by Gasteiger charge is 2.16. The number of halogens is 2. The normalized spacial score (nSPS) is 10.2. The number of anilines is 1. The molecule has 0 aromatic heterocycles. The predicted molar refractivity (Wildman–Crippen MR) is 85.7 cm³/mol. The van der Waals surface area contributed by atoms with E-state index in [0.29, 0.717) is 16.5 Å². The molecular weight excluding hydrogens is 358 g/mol. The molecule has 2 N–H and O–H groups in total. The number of para-hydroxylation sites is 1. The molecule has 0 spiro atoms. The van der Waals surface area contributed by atoms with Crippen LogP contribution in [0.15, 0.2) is 40.9 Å². The van der Waals surface area contributed by atoms with E-state index in [0.717, 1.165) is 10.0 Å². The van der Waals surface area contributed by atoms with Crippen LogP contribution >= 0.6 is 27.5 Å². The van der Waals surface area contributed by atoms with Crippen LogP contribution < -0.4 is 10.5 Å². The van der Waals surface area contributed by atoms with Gasteiger partial charge in [-0.3, -0.25) is 0 Å². The monoisotopic (exact) mass is 369 g/mol. The first kappa shape index (κ1) is 15.7. The zero-order valence-corrected chi connectivity index (χ0v) is 13.6. The summed E-state index contributed by atoms with van der Waals surface area (Å²) in [5.74, 6) is -0.206. The fraction of sp³-hybridized carbons (Fsp3) is 0.133. The van der Waals surface area contributed by atoms with Gasteiger partial charge in [0.05, 0.1) is 12.8 Å². The SMILES string of the molecule is COc1c(N)cccc1C(=O)OCc1ccc(Br)cc1Cl. The molecule has 4 nitrogen and oxygen atoms in total. The van der Waals surface area contributed by atoms with Gasteiger partial charge in [-0.05, 0) is 24.3 Å². The highest BCUT2D eigenvalue weighted by Crippen LogP contribution is 2.27. The van der Waals surface area contributed by atoms with Crippen molar-refractivity contribution in [2.24, 2.45) is 0 Å². The molecule has 0 saturated heterocycles. The first-order valence-corrected chi connectivity index (χ1v) is 7.23. The van der Waals surface area contributed by atoms with Gasteiger partial charge in [0, 0.05) is 15.1 Å². The van der Waals surface area contributed by atoms with E-state index in [1.165, 1.54) is 7.11 Å². The minimum Gasteiger partial charge on any atom is -0.494 e. The molecule has 0 amide bonds. The summed E-state index contributed by atoms with van der Waals surface area (Å²) in [6, 6.07) is 10.3. The summed E-state index contributed by atoms with van der Waals surface area (Å²) in [6.07, 6.45) is 0. The number of nitrogens with two attached hydrogens (primary N) is 1. The third kappa shape index (κ3) is 3.68. The number of rotatable bonds is 4. The summed E-state index contributed by atoms with van der Waals surface area (Å²) in [6.45, 7) is 0.0723. The zero-order valence-electron chi connectivity index (χ0n) is 11.2. The number of hydrogen-bond donors (Lipinski definition) is 1. The number of nitrogen functional groups attached to an aromatic ring is 1. The summed E-state index contributed by atoms with van der Waals surface area (Å²) in [5.41, 5.74) is 7.14. The number of carbonyl (C=O) groups excluding carboxylic acids is 1. The molecule has 2 aromatic rings. The molecule has 0 aliphatic rings. The van der Waals surface area contributed by atoms with Crippen molar-refractivity contribution in [1.82, 2.24) is 0 Å². The summed E-state index contributed by atoms with van der Waals surface area (Å²) in [4.78, 5) is 12.1. The second kappa shape index (κ2) is 6.83. The Morgan fingerprint density at radius 1 is 1.33 bits per heavy atom. The third-order valence-corrected chi connectivity index (χ3v) is 3.69. The molecule has 0 radical (unpaired) electrons. The molecule has 0 heterocycles. The van der Waals surface area contributed by atoms with Crippen molar-refractivity contribution in [2.45, 2.75) is 6.61 Å². The van der Waals surface area contributed by atoms with Crippen molar-refractivity contribution < 1.29 is 14.3 Å². The molecule has 0 atom stereocenters. The summed E-state index contributed by atoms with van der Waals surface area (Å²) < 4.78 is 11.2. The Kier molecular flexibility index (Phi) is 5.09. The molecular formula is C15H13BrClNO3. The van der Waals surface area contributed by atoms with E-state index < -0.39 is 5.97 Å². The van der Waals surface area contributed by atoms with E-state index >= 15 is 0 Å². The minimum absolute atomic E-state index is 0.0723. The van der Waals surface area contributed by atoms with Crippen LogP contribution in [0.25, 0.3) is 0 Å². The van der Waals surface area contributed by atoms with E-state index in [1.807, 2.05) is 6.07 Å². The maximum atomic E-state index is 12.1. The molecule has 2 aromatic carbocycles. The average Bonchev–Trinajstić information content (AvgIpc) is 2.45. The van der Waals surface area contributed by atoms with Crippen LogP contribution in [0.2, 0.25) is 5.02 Å². The van der Waals surface area contributed by atoms with Crippen LogP contribution in [0.4, 0.5) is 5.69 Å². The van der Waals surface area contributed by atoms with Gasteiger partial charge in [-0.1, -0.05) is 39.7 Å². The molecule has 0 unspecified atom stereocenters. The van der Waals surface area contributed by atoms with Crippen molar-refractivity contribution in [3.05, 3.63) is 57.0 Å². The predicted octanol–water partition coefficient (Wildman–Crippen LogP) is 4.05. The second-order valence-electron chi connectivity index (χ2n) is 4.24. The average molecular weight is 371 g/mol. The highest BCUT2D eigenvalue weighted by atomic mass is 79.9. The van der Waals surface area contributed by atoms with Gasteiger partial charge in [0.1, 0.15) is 12.2 Å². The van der Waals surface area contributed by atoms with Gasteiger partial charge in [0.2, 0.25) is 0 Å². The molecule has 0 aliphatic carbocycles. The van der Waals surface area contributed by atoms with Gasteiger partial charge in [-0.2, -0.15) is 0 Å². The van der Waals surface area contributed by atoms with E-state index in [1.54, 1.807) is 30.3 Å². The summed E-state index contributed by atoms with van der Waals surface area (Å²) in [5, 5.41) is 0.525. The number of esters is 1. The summed E-state index contributed by atoms with van der Waals surface area (Å²) in [7, 11) is 1.45. The molecule has 2 rings (SSSR count). The maximum absolute atomic E-state index is 12.1. The molecule has 0 aliphatic heterocycles. The lowest BCUT2D eigenvalue weighted by Gasteiger charge is -2.11. The molecule has 6 heteroatoms. The number of methoxy groups -OCH3 is 1. The van der Waals surface area contributed by atoms with Crippen LogP contribution in [-0.2, 0) is 11.3 Å². The number of carbonyl (C=O) groups is 1. The standard InChI is InChI=1S/C15H13BrClNO3/c1-20-14-11(3-2-4-13(14)18)15(19)21-8-9-5-6-10(16)7-12(9)17/h2-7H,8,18H2,1H3. The lowest BCUT2D eigenvalue weighted by molar-refractivity contribution is 0.0469. The lowest BCUT2D eigenvalue weighted by Crippen LogP contribution is -2.08. The van der Waals surface area contributed by atoms with Crippen molar-refractivity contribution in [3.8, 4) is 5.75 Å². The molecule has 0 bridgehead atoms. The maximum Gasteiger partial charge on any atom is 0.342 e. The van der Waals surface area contributed by atoms with Crippen molar-refractivity contribution in [2.75, 3.05) is 12.8 Å². The Balaban J connectivity index is 2.14. The van der Waals surface area contributed by atoms with Crippen LogP contribution in [-0.4, -0.2) is 13.1 Å². The third-order valence-electron chi connectivity index (χ3n) is 2.84. The van der Waals surface area contributed by atoms with E-state index in [4.69, 9.17) is 26.8 Å². The number of ether oxygens (including phenoxy) is 2. The molecule has 21 heavy (non-hydrogen) atoms. The van der Waals surface area contributed by atoms with Gasteiger partial charge in [-0.15, -0.1) is 0 Å². The Labute approximate surface area is 135 Å². The minimum atomic E-state index is -0.516. The fourth-order valence-electron chi connectivity index (χ4n) is 1.80. The first-order chi connectivity index (χ1) is 10.0. The lowest BCUT2D eigenvalue weighted by atomic mass is 10.1. The number of benzene rings is 2. The van der Waals surface area contributed by atoms with Crippen molar-refractivity contribution in [3.63, 3.8) is 0 Å². The Bertz CT molecular complexity index is 676. The molecule has 110 valence electrons. The fourth-order valence-corrected chi connectivity index (χ4v) is 2.53. The molecule has 0 fully saturated rings. The van der Waals surface area contributed by atoms with Crippen LogP contribution in [0.1, 0.15) is 15.9 Å². The molecule has 0 saturated carbocycles. The van der Waals surface area contributed by atoms with Gasteiger partial charge >= 0.3 is 5.97 Å². The second-order valence-corrected chi connectivity index (χ2v) is 5.56. The van der Waals surface area contributed by atoms with E-state index in [-0.39, 0.29) is 12.2 Å². The van der Waals surface area contributed by atoms with Gasteiger partial charge in [0.25, 0.3) is 0 Å². The van der Waals surface area contributed by atoms with Crippen LogP contribution in [0.3, 0.4) is 0 Å². The Morgan fingerprint density at radius 3 is 2.76 bits per heavy atom. The van der Waals surface area contributed by atoms with Crippen LogP contribution in [0, 0.1) is 0 Å². The van der Waals surface area contributed by atoms with Gasteiger partial charge < -0.3 is 15.2 Å². The van der Waals surface area contributed by atoms with Crippen molar-refractivity contribution in [1.29, 1.82) is 0 Å². The summed E-state index contributed by atoms with van der Waals surface area (Å²) >= 11 is 9.39. The topological polar surface area (TPSA) is 61.5 Å². The number of hydrogen-bond acceptors (Lipinski definition) is 4. The van der Waals surface area contributed by atoms with Gasteiger partial charge in [-0.25, -0.2) is 4.79 Å². The van der Waals surface area contributed by atoms with Gasteiger partial charge in [0.15, 0.2) is 5.75 Å². The largest absolute Gasteiger partial charge is 0.494 e. The Morgan fingerprint density at radius 2 is 2.10 bits per heavy atom. The quantitative estimate of drug-likeness (QED) is 0.651. The highest BCUT2D eigenvalue weighted by molar-refractivity contribution is 9.10. The van der Waals surface area contributed by atoms with Crippen molar-refractivity contribution >= 4 is 39.2 Å². The zero-order chi connectivity index (χ0) is 15.4.